The molecular weight excluding hydrogens is 260 g/mol. The van der Waals surface area contributed by atoms with Gasteiger partial charge in [-0.1, -0.05) is 6.08 Å². The molecule has 0 bridgehead atoms. The zero-order valence-corrected chi connectivity index (χ0v) is 14.1. The van der Waals surface area contributed by atoms with Crippen molar-refractivity contribution >= 4 is 11.3 Å². The van der Waals surface area contributed by atoms with E-state index in [1.807, 2.05) is 19.9 Å². The molecular formula is C18H28N2O. The van der Waals surface area contributed by atoms with Crippen molar-refractivity contribution < 1.29 is 4.74 Å². The van der Waals surface area contributed by atoms with E-state index in [1.165, 1.54) is 16.7 Å². The summed E-state index contributed by atoms with van der Waals surface area (Å²) in [4.78, 5) is 2.40. The van der Waals surface area contributed by atoms with Gasteiger partial charge in [0.15, 0.2) is 0 Å². The van der Waals surface area contributed by atoms with Gasteiger partial charge in [-0.25, -0.2) is 0 Å². The molecule has 0 amide bonds. The summed E-state index contributed by atoms with van der Waals surface area (Å²) in [5.41, 5.74) is 10.7. The van der Waals surface area contributed by atoms with Gasteiger partial charge in [-0.15, -0.1) is 0 Å². The van der Waals surface area contributed by atoms with Gasteiger partial charge in [0.2, 0.25) is 0 Å². The Labute approximate surface area is 128 Å². The van der Waals surface area contributed by atoms with Gasteiger partial charge in [0.05, 0.1) is 11.8 Å². The van der Waals surface area contributed by atoms with Crippen LogP contribution in [0.5, 0.6) is 5.75 Å². The average Bonchev–Trinajstić information content (AvgIpc) is 2.38. The number of likely N-dealkylation sites (N-methyl/N-ethyl adjacent to an activating group) is 1. The Kier molecular flexibility index (Phi) is 4.62. The molecule has 3 nitrogen and oxygen atoms in total. The molecule has 2 atom stereocenters. The van der Waals surface area contributed by atoms with Gasteiger partial charge in [-0.05, 0) is 76.9 Å². The number of aryl methyl sites for hydroxylation is 1. The second-order valence-corrected chi connectivity index (χ2v) is 6.52. The van der Waals surface area contributed by atoms with Gasteiger partial charge >= 0.3 is 0 Å². The Bertz CT molecular complexity index is 548. The van der Waals surface area contributed by atoms with E-state index >= 15 is 0 Å². The fourth-order valence-corrected chi connectivity index (χ4v) is 2.95. The fraction of sp³-hybridized carbons (Fsp3) is 0.556. The molecule has 1 aliphatic rings. The van der Waals surface area contributed by atoms with Crippen molar-refractivity contribution in [1.29, 1.82) is 0 Å². The van der Waals surface area contributed by atoms with Crippen LogP contribution in [0.2, 0.25) is 0 Å². The number of nitrogens with two attached hydrogens (primary N) is 1. The maximum Gasteiger partial charge on any atom is 0.143 e. The van der Waals surface area contributed by atoms with Crippen LogP contribution >= 0.6 is 0 Å². The highest BCUT2D eigenvalue weighted by atomic mass is 16.5. The minimum absolute atomic E-state index is 0.132. The number of nitrogen functional groups attached to an aromatic ring is 1. The minimum Gasteiger partial charge on any atom is -0.489 e. The van der Waals surface area contributed by atoms with E-state index in [0.29, 0.717) is 12.1 Å². The van der Waals surface area contributed by atoms with Crippen LogP contribution in [-0.4, -0.2) is 30.1 Å². The second kappa shape index (κ2) is 6.10. The quantitative estimate of drug-likeness (QED) is 0.858. The fourth-order valence-electron chi connectivity index (χ4n) is 2.95. The third-order valence-electron chi connectivity index (χ3n) is 4.36. The second-order valence-electron chi connectivity index (χ2n) is 6.52. The summed E-state index contributed by atoms with van der Waals surface area (Å²) in [6.07, 6.45) is 3.55. The summed E-state index contributed by atoms with van der Waals surface area (Å²) in [7, 11) is 2.19. The standard InChI is InChI=1S/C18H28N2O/c1-11(2)21-18-10-16(12(3)7-17(18)19)15-8-13(4)20(6)14(5)9-15/h7-8,10-11,13-14H,9,19H2,1-6H3/t13?,14-/m1/s1. The van der Waals surface area contributed by atoms with Crippen molar-refractivity contribution in [3.05, 3.63) is 29.3 Å². The average molecular weight is 288 g/mol. The smallest absolute Gasteiger partial charge is 0.143 e. The molecule has 0 aliphatic carbocycles. The van der Waals surface area contributed by atoms with Crippen molar-refractivity contribution in [2.45, 2.75) is 59.2 Å². The van der Waals surface area contributed by atoms with Crippen molar-refractivity contribution in [2.24, 2.45) is 0 Å². The highest BCUT2D eigenvalue weighted by molar-refractivity contribution is 5.74. The predicted octanol–water partition coefficient (Wildman–Crippen LogP) is 3.86. The normalized spacial score (nSPS) is 23.3. The summed E-state index contributed by atoms with van der Waals surface area (Å²) in [6, 6.07) is 5.14. The molecule has 0 radical (unpaired) electrons. The van der Waals surface area contributed by atoms with Crippen LogP contribution in [-0.2, 0) is 0 Å². The lowest BCUT2D eigenvalue weighted by Crippen LogP contribution is -2.39. The molecule has 0 saturated carbocycles. The van der Waals surface area contributed by atoms with Crippen LogP contribution in [0.25, 0.3) is 5.57 Å². The summed E-state index contributed by atoms with van der Waals surface area (Å²) >= 11 is 0. The summed E-state index contributed by atoms with van der Waals surface area (Å²) in [5, 5.41) is 0. The molecule has 0 aromatic heterocycles. The SMILES string of the molecule is Cc1cc(N)c(OC(C)C)cc1C1=CC(C)N(C)[C@H](C)C1. The Hall–Kier alpha value is -1.48. The van der Waals surface area contributed by atoms with E-state index in [2.05, 4.69) is 44.9 Å². The number of benzene rings is 1. The topological polar surface area (TPSA) is 38.5 Å². The molecule has 0 fully saturated rings. The van der Waals surface area contributed by atoms with Crippen LogP contribution in [0.4, 0.5) is 5.69 Å². The Morgan fingerprint density at radius 3 is 2.52 bits per heavy atom. The molecule has 1 aromatic rings. The van der Waals surface area contributed by atoms with Crippen molar-refractivity contribution in [3.63, 3.8) is 0 Å². The van der Waals surface area contributed by atoms with E-state index in [1.54, 1.807) is 0 Å². The Balaban J connectivity index is 2.42. The number of rotatable bonds is 3. The van der Waals surface area contributed by atoms with Crippen LogP contribution in [0.15, 0.2) is 18.2 Å². The molecule has 0 saturated heterocycles. The molecule has 2 rings (SSSR count). The van der Waals surface area contributed by atoms with Gasteiger partial charge in [0.25, 0.3) is 0 Å². The molecule has 1 aromatic carbocycles. The van der Waals surface area contributed by atoms with Crippen LogP contribution < -0.4 is 10.5 Å². The van der Waals surface area contributed by atoms with Crippen molar-refractivity contribution in [2.75, 3.05) is 12.8 Å². The predicted molar refractivity (Wildman–Crippen MR) is 90.6 cm³/mol. The number of hydrogen-bond acceptors (Lipinski definition) is 3. The first-order valence-corrected chi connectivity index (χ1v) is 7.79. The Morgan fingerprint density at radius 1 is 1.29 bits per heavy atom. The monoisotopic (exact) mass is 288 g/mol. The molecule has 1 unspecified atom stereocenters. The summed E-state index contributed by atoms with van der Waals surface area (Å²) < 4.78 is 5.84. The maximum absolute atomic E-state index is 6.09. The van der Waals surface area contributed by atoms with Gasteiger partial charge in [0, 0.05) is 12.1 Å². The van der Waals surface area contributed by atoms with Gasteiger partial charge < -0.3 is 10.5 Å². The first kappa shape index (κ1) is 15.9. The van der Waals surface area contributed by atoms with Crippen LogP contribution in [0.1, 0.15) is 45.2 Å². The van der Waals surface area contributed by atoms with Crippen LogP contribution in [0.3, 0.4) is 0 Å². The number of hydrogen-bond donors (Lipinski definition) is 1. The molecule has 3 heteroatoms. The van der Waals surface area contributed by atoms with E-state index in [9.17, 15) is 0 Å². The number of anilines is 1. The first-order chi connectivity index (χ1) is 9.79. The number of nitrogens with zero attached hydrogens (tertiary/aromatic N) is 1. The van der Waals surface area contributed by atoms with E-state index in [0.717, 1.165) is 17.9 Å². The zero-order valence-electron chi connectivity index (χ0n) is 14.1. The highest BCUT2D eigenvalue weighted by Gasteiger charge is 2.23. The van der Waals surface area contributed by atoms with Gasteiger partial charge in [-0.3, -0.25) is 4.90 Å². The van der Waals surface area contributed by atoms with E-state index in [4.69, 9.17) is 10.5 Å². The molecule has 0 spiro atoms. The zero-order chi connectivity index (χ0) is 15.7. The minimum atomic E-state index is 0.132. The first-order valence-electron chi connectivity index (χ1n) is 7.79. The largest absolute Gasteiger partial charge is 0.489 e. The van der Waals surface area contributed by atoms with Gasteiger partial charge in [0.1, 0.15) is 5.75 Å². The third-order valence-corrected chi connectivity index (χ3v) is 4.36. The van der Waals surface area contributed by atoms with E-state index < -0.39 is 0 Å². The Morgan fingerprint density at radius 2 is 1.95 bits per heavy atom. The molecule has 2 N–H and O–H groups in total. The van der Waals surface area contributed by atoms with Gasteiger partial charge in [-0.2, -0.15) is 0 Å². The van der Waals surface area contributed by atoms with Crippen LogP contribution in [0, 0.1) is 6.92 Å². The molecule has 1 aliphatic heterocycles. The maximum atomic E-state index is 6.09. The van der Waals surface area contributed by atoms with Crippen molar-refractivity contribution in [1.82, 2.24) is 4.90 Å². The number of ether oxygens (including phenoxy) is 1. The molecule has 116 valence electrons. The molecule has 21 heavy (non-hydrogen) atoms. The lowest BCUT2D eigenvalue weighted by Gasteiger charge is -2.35. The molecule has 1 heterocycles. The lowest BCUT2D eigenvalue weighted by molar-refractivity contribution is 0.220. The summed E-state index contributed by atoms with van der Waals surface area (Å²) in [5.74, 6) is 0.797. The lowest BCUT2D eigenvalue weighted by atomic mass is 9.89. The third kappa shape index (κ3) is 3.41. The van der Waals surface area contributed by atoms with E-state index in [-0.39, 0.29) is 6.10 Å². The summed E-state index contributed by atoms with van der Waals surface area (Å²) in [6.45, 7) is 10.7. The van der Waals surface area contributed by atoms with Crippen molar-refractivity contribution in [3.8, 4) is 5.75 Å². The highest BCUT2D eigenvalue weighted by Crippen LogP contribution is 2.35.